The van der Waals surface area contributed by atoms with E-state index in [-0.39, 0.29) is 13.2 Å². The molecule has 5 nitrogen and oxygen atoms in total. The molecule has 14 heavy (non-hydrogen) atoms. The number of aliphatic hydroxyl groups excluding tert-OH is 2. The van der Waals surface area contributed by atoms with Crippen LogP contribution in [-0.2, 0) is 9.47 Å². The Morgan fingerprint density at radius 3 is 2.64 bits per heavy atom. The summed E-state index contributed by atoms with van der Waals surface area (Å²) >= 11 is 0. The van der Waals surface area contributed by atoms with Gasteiger partial charge in [0.15, 0.2) is 0 Å². The van der Waals surface area contributed by atoms with Gasteiger partial charge in [0.2, 0.25) is 5.79 Å². The van der Waals surface area contributed by atoms with E-state index in [9.17, 15) is 5.11 Å². The van der Waals surface area contributed by atoms with Crippen molar-refractivity contribution in [2.24, 2.45) is 0 Å². The van der Waals surface area contributed by atoms with Gasteiger partial charge in [-0.2, -0.15) is 0 Å². The first-order valence-electron chi connectivity index (χ1n) is 4.24. The molecule has 2 rings (SSSR count). The second-order valence-electron chi connectivity index (χ2n) is 3.32. The molecule has 0 radical (unpaired) electrons. The van der Waals surface area contributed by atoms with Gasteiger partial charge in [-0.15, -0.1) is 0 Å². The maximum absolute atomic E-state index is 9.82. The molecule has 78 valence electrons. The summed E-state index contributed by atoms with van der Waals surface area (Å²) in [5.74, 6) is -2.78. The molecular formula is C9H12O5. The summed E-state index contributed by atoms with van der Waals surface area (Å²) in [7, 11) is 1.39. The Morgan fingerprint density at radius 2 is 2.14 bits per heavy atom. The smallest absolute Gasteiger partial charge is 0.256 e. The van der Waals surface area contributed by atoms with Crippen molar-refractivity contribution in [2.45, 2.75) is 11.6 Å². The molecule has 1 saturated heterocycles. The summed E-state index contributed by atoms with van der Waals surface area (Å²) in [5.41, 5.74) is 0.913. The lowest BCUT2D eigenvalue weighted by atomic mass is 9.95. The summed E-state index contributed by atoms with van der Waals surface area (Å²) in [6, 6.07) is 0. The summed E-state index contributed by atoms with van der Waals surface area (Å²) in [6.45, 7) is -0.498. The van der Waals surface area contributed by atoms with Crippen molar-refractivity contribution >= 4 is 0 Å². The molecule has 5 heteroatoms. The number of methoxy groups -OCH3 is 1. The van der Waals surface area contributed by atoms with E-state index in [4.69, 9.17) is 19.7 Å². The normalized spacial score (nSPS) is 40.0. The van der Waals surface area contributed by atoms with Crippen LogP contribution in [0.2, 0.25) is 0 Å². The highest BCUT2D eigenvalue weighted by atomic mass is 16.9. The fraction of sp³-hybridized carbons (Fsp3) is 0.556. The molecule has 1 fully saturated rings. The molecule has 0 aromatic rings. The third-order valence-electron chi connectivity index (χ3n) is 2.53. The average molecular weight is 200 g/mol. The van der Waals surface area contributed by atoms with Crippen LogP contribution in [0.1, 0.15) is 0 Å². The van der Waals surface area contributed by atoms with E-state index in [0.29, 0.717) is 11.1 Å². The minimum atomic E-state index is -1.54. The first kappa shape index (κ1) is 9.82. The predicted octanol–water partition coefficient (Wildman–Crippen LogP) is -1.10. The van der Waals surface area contributed by atoms with Gasteiger partial charge in [-0.3, -0.25) is 4.74 Å². The fourth-order valence-electron chi connectivity index (χ4n) is 1.79. The Labute approximate surface area is 80.9 Å². The van der Waals surface area contributed by atoms with Gasteiger partial charge < -0.3 is 20.1 Å². The second kappa shape index (κ2) is 2.88. The van der Waals surface area contributed by atoms with E-state index in [1.54, 1.807) is 6.08 Å². The summed E-state index contributed by atoms with van der Waals surface area (Å²) < 4.78 is 10.1. The maximum atomic E-state index is 9.82. The van der Waals surface area contributed by atoms with E-state index in [1.165, 1.54) is 13.2 Å². The van der Waals surface area contributed by atoms with Crippen LogP contribution < -0.4 is 0 Å². The third-order valence-corrected chi connectivity index (χ3v) is 2.53. The molecule has 2 unspecified atom stereocenters. The van der Waals surface area contributed by atoms with E-state index < -0.39 is 11.6 Å². The molecule has 3 N–H and O–H groups in total. The van der Waals surface area contributed by atoms with E-state index in [2.05, 4.69) is 0 Å². The van der Waals surface area contributed by atoms with Gasteiger partial charge in [-0.05, 0) is 17.7 Å². The molecule has 0 amide bonds. The quantitative estimate of drug-likeness (QED) is 0.504. The van der Waals surface area contributed by atoms with Crippen molar-refractivity contribution in [2.75, 3.05) is 20.3 Å². The molecule has 0 spiro atoms. The minimum Gasteiger partial charge on any atom is -0.392 e. The van der Waals surface area contributed by atoms with E-state index in [1.807, 2.05) is 0 Å². The number of epoxide rings is 1. The monoisotopic (exact) mass is 200 g/mol. The molecular weight excluding hydrogens is 188 g/mol. The van der Waals surface area contributed by atoms with Gasteiger partial charge in [0.1, 0.15) is 0 Å². The van der Waals surface area contributed by atoms with Crippen molar-refractivity contribution in [3.63, 3.8) is 0 Å². The molecule has 2 atom stereocenters. The lowest BCUT2D eigenvalue weighted by molar-refractivity contribution is 0.00805. The first-order valence-corrected chi connectivity index (χ1v) is 4.24. The summed E-state index contributed by atoms with van der Waals surface area (Å²) in [4.78, 5) is 0. The lowest BCUT2D eigenvalue weighted by Crippen LogP contribution is -2.33. The van der Waals surface area contributed by atoms with Gasteiger partial charge in [0.05, 0.1) is 13.2 Å². The van der Waals surface area contributed by atoms with Crippen LogP contribution in [0.3, 0.4) is 0 Å². The van der Waals surface area contributed by atoms with Crippen molar-refractivity contribution in [1.29, 1.82) is 0 Å². The van der Waals surface area contributed by atoms with Crippen molar-refractivity contribution in [3.05, 3.63) is 23.3 Å². The number of fused-ring (bicyclic) bond motifs is 1. The third kappa shape index (κ3) is 1.01. The van der Waals surface area contributed by atoms with Gasteiger partial charge in [0.25, 0.3) is 5.79 Å². The van der Waals surface area contributed by atoms with E-state index >= 15 is 0 Å². The molecule has 0 aromatic carbocycles. The summed E-state index contributed by atoms with van der Waals surface area (Å²) in [5, 5.41) is 27.8. The van der Waals surface area contributed by atoms with Crippen molar-refractivity contribution in [3.8, 4) is 0 Å². The Hall–Kier alpha value is -0.720. The van der Waals surface area contributed by atoms with Crippen LogP contribution >= 0.6 is 0 Å². The zero-order chi connectivity index (χ0) is 10.4. The highest BCUT2D eigenvalue weighted by molar-refractivity contribution is 5.44. The first-order chi connectivity index (χ1) is 6.62. The van der Waals surface area contributed by atoms with Gasteiger partial charge in [0, 0.05) is 12.7 Å². The average Bonchev–Trinajstić information content (AvgIpc) is 2.82. The van der Waals surface area contributed by atoms with Gasteiger partial charge in [-0.1, -0.05) is 0 Å². The molecule has 1 aliphatic carbocycles. The Bertz CT molecular complexity index is 321. The zero-order valence-corrected chi connectivity index (χ0v) is 7.73. The van der Waals surface area contributed by atoms with Crippen molar-refractivity contribution in [1.82, 2.24) is 0 Å². The molecule has 0 aromatic heterocycles. The largest absolute Gasteiger partial charge is 0.392 e. The minimum absolute atomic E-state index is 0.213. The molecule has 0 bridgehead atoms. The number of hydrogen-bond donors (Lipinski definition) is 3. The Morgan fingerprint density at radius 1 is 1.43 bits per heavy atom. The topological polar surface area (TPSA) is 82.5 Å². The van der Waals surface area contributed by atoms with Crippen LogP contribution in [0.4, 0.5) is 0 Å². The van der Waals surface area contributed by atoms with Crippen molar-refractivity contribution < 1.29 is 24.8 Å². The van der Waals surface area contributed by atoms with Gasteiger partial charge >= 0.3 is 0 Å². The maximum Gasteiger partial charge on any atom is 0.256 e. The van der Waals surface area contributed by atoms with Crippen LogP contribution in [-0.4, -0.2) is 47.2 Å². The summed E-state index contributed by atoms with van der Waals surface area (Å²) in [6.07, 6.45) is 2.95. The molecule has 1 heterocycles. The van der Waals surface area contributed by atoms with Gasteiger partial charge in [-0.25, -0.2) is 0 Å². The van der Waals surface area contributed by atoms with E-state index in [0.717, 1.165) is 0 Å². The number of aliphatic hydroxyl groups is 3. The molecule has 0 saturated carbocycles. The van der Waals surface area contributed by atoms with Crippen LogP contribution in [0.5, 0.6) is 0 Å². The fourth-order valence-corrected chi connectivity index (χ4v) is 1.79. The highest BCUT2D eigenvalue weighted by Crippen LogP contribution is 2.55. The molecule has 2 aliphatic rings. The lowest BCUT2D eigenvalue weighted by Gasteiger charge is -2.19. The number of ether oxygens (including phenoxy) is 2. The number of hydrogen-bond acceptors (Lipinski definition) is 5. The van der Waals surface area contributed by atoms with Crippen LogP contribution in [0, 0.1) is 0 Å². The Balaban J connectivity index is 2.38. The Kier molecular flexibility index (Phi) is 2.02. The molecule has 1 aliphatic heterocycles. The number of rotatable bonds is 3. The second-order valence-corrected chi connectivity index (χ2v) is 3.32. The SMILES string of the molecule is COC12OC1(O)C=C(CO)C=C2CO. The predicted molar refractivity (Wildman–Crippen MR) is 46.1 cm³/mol. The van der Waals surface area contributed by atoms with Crippen LogP contribution in [0.25, 0.3) is 0 Å². The zero-order valence-electron chi connectivity index (χ0n) is 7.73. The standard InChI is InChI=1S/C9H12O5/c1-13-9-7(5-11)2-6(4-10)3-8(9,12)14-9/h2-3,10-12H,4-5H2,1H3. The highest BCUT2D eigenvalue weighted by Gasteiger charge is 2.73. The van der Waals surface area contributed by atoms with Crippen LogP contribution in [0.15, 0.2) is 23.3 Å².